The number of hydrogen-bond donors (Lipinski definition) is 1. The maximum Gasteiger partial charge on any atom is 0.254 e. The Labute approximate surface area is 164 Å². The molecule has 0 saturated heterocycles. The first kappa shape index (κ1) is 19.6. The van der Waals surface area contributed by atoms with Gasteiger partial charge in [0.15, 0.2) is 0 Å². The van der Waals surface area contributed by atoms with E-state index in [1.54, 1.807) is 29.4 Å². The van der Waals surface area contributed by atoms with Crippen LogP contribution in [0.1, 0.15) is 43.6 Å². The number of amides is 1. The molecule has 0 spiro atoms. The number of aromatic nitrogens is 2. The van der Waals surface area contributed by atoms with E-state index in [1.165, 1.54) is 0 Å². The van der Waals surface area contributed by atoms with E-state index in [0.717, 1.165) is 16.7 Å². The van der Waals surface area contributed by atoms with Crippen molar-refractivity contribution in [1.82, 2.24) is 14.9 Å². The molecule has 0 saturated carbocycles. The van der Waals surface area contributed by atoms with Crippen LogP contribution in [0.2, 0.25) is 0 Å². The average Bonchev–Trinajstić information content (AvgIpc) is 2.66. The predicted octanol–water partition coefficient (Wildman–Crippen LogP) is 3.76. The van der Waals surface area contributed by atoms with E-state index in [4.69, 9.17) is 4.74 Å². The fraction of sp³-hybridized carbons (Fsp3) is 0.318. The first-order chi connectivity index (χ1) is 13.3. The minimum absolute atomic E-state index is 0.141. The number of nitrogens with one attached hydrogen (secondary N) is 1. The van der Waals surface area contributed by atoms with Crippen LogP contribution in [0.5, 0.6) is 5.75 Å². The number of rotatable bonds is 5. The molecule has 6 heteroatoms. The van der Waals surface area contributed by atoms with Crippen molar-refractivity contribution in [2.75, 3.05) is 6.61 Å². The van der Waals surface area contributed by atoms with E-state index in [1.807, 2.05) is 52.0 Å². The lowest BCUT2D eigenvalue weighted by molar-refractivity contribution is 0.0558. The molecule has 2 aromatic heterocycles. The van der Waals surface area contributed by atoms with Crippen LogP contribution in [0.3, 0.4) is 0 Å². The summed E-state index contributed by atoms with van der Waals surface area (Å²) in [5, 5.41) is 0.866. The van der Waals surface area contributed by atoms with Crippen molar-refractivity contribution < 1.29 is 9.53 Å². The molecule has 0 bridgehead atoms. The smallest absolute Gasteiger partial charge is 0.254 e. The lowest BCUT2D eigenvalue weighted by atomic mass is 10.0. The number of nitrogens with zero attached hydrogens (tertiary/aromatic N) is 2. The fourth-order valence-corrected chi connectivity index (χ4v) is 3.04. The molecular formula is C22H25N3O3. The zero-order chi connectivity index (χ0) is 20.3. The second kappa shape index (κ2) is 7.84. The van der Waals surface area contributed by atoms with Gasteiger partial charge < -0.3 is 14.6 Å². The Kier molecular flexibility index (Phi) is 5.49. The predicted molar refractivity (Wildman–Crippen MR) is 110 cm³/mol. The standard InChI is InChI=1S/C22H25N3O3/c1-5-28-18-6-7-19-16(13-18)12-17(20(26)24-19)14-25(22(2,3)4)21(27)15-8-10-23-11-9-15/h6-13H,5,14H2,1-4H3,(H,24,26). The number of benzene rings is 1. The lowest BCUT2D eigenvalue weighted by Gasteiger charge is -2.35. The third kappa shape index (κ3) is 4.22. The highest BCUT2D eigenvalue weighted by Crippen LogP contribution is 2.23. The highest BCUT2D eigenvalue weighted by molar-refractivity contribution is 5.94. The molecule has 0 aliphatic rings. The normalized spacial score (nSPS) is 11.4. The lowest BCUT2D eigenvalue weighted by Crippen LogP contribution is -2.46. The monoisotopic (exact) mass is 379 g/mol. The number of carbonyl (C=O) groups is 1. The summed E-state index contributed by atoms with van der Waals surface area (Å²) in [5.41, 5.74) is 1.14. The first-order valence-electron chi connectivity index (χ1n) is 9.30. The largest absolute Gasteiger partial charge is 0.494 e. The van der Waals surface area contributed by atoms with E-state index >= 15 is 0 Å². The van der Waals surface area contributed by atoms with Gasteiger partial charge in [-0.3, -0.25) is 14.6 Å². The third-order valence-corrected chi connectivity index (χ3v) is 4.51. The third-order valence-electron chi connectivity index (χ3n) is 4.51. The van der Waals surface area contributed by atoms with Crippen molar-refractivity contribution >= 4 is 16.8 Å². The van der Waals surface area contributed by atoms with E-state index in [2.05, 4.69) is 9.97 Å². The number of hydrogen-bond acceptors (Lipinski definition) is 4. The maximum absolute atomic E-state index is 13.1. The van der Waals surface area contributed by atoms with Crippen molar-refractivity contribution in [3.8, 4) is 5.75 Å². The van der Waals surface area contributed by atoms with Gasteiger partial charge in [0, 0.05) is 40.0 Å². The molecule has 0 aliphatic heterocycles. The number of carbonyl (C=O) groups excluding carboxylic acids is 1. The zero-order valence-corrected chi connectivity index (χ0v) is 16.7. The summed E-state index contributed by atoms with van der Waals surface area (Å²) >= 11 is 0. The van der Waals surface area contributed by atoms with Gasteiger partial charge in [-0.05, 0) is 64.1 Å². The summed E-state index contributed by atoms with van der Waals surface area (Å²) in [5.74, 6) is 0.603. The van der Waals surface area contributed by atoms with Crippen LogP contribution in [-0.4, -0.2) is 32.9 Å². The van der Waals surface area contributed by atoms with Gasteiger partial charge in [-0.25, -0.2) is 0 Å². The molecule has 3 aromatic rings. The first-order valence-corrected chi connectivity index (χ1v) is 9.30. The van der Waals surface area contributed by atoms with Crippen LogP contribution >= 0.6 is 0 Å². The summed E-state index contributed by atoms with van der Waals surface area (Å²) in [6.45, 7) is 8.56. The molecule has 0 atom stereocenters. The average molecular weight is 379 g/mol. The van der Waals surface area contributed by atoms with Gasteiger partial charge in [-0.1, -0.05) is 0 Å². The molecule has 146 valence electrons. The van der Waals surface area contributed by atoms with Crippen LogP contribution in [0.4, 0.5) is 0 Å². The number of H-pyrrole nitrogens is 1. The van der Waals surface area contributed by atoms with E-state index < -0.39 is 5.54 Å². The van der Waals surface area contributed by atoms with Crippen LogP contribution in [0, 0.1) is 0 Å². The molecule has 6 nitrogen and oxygen atoms in total. The van der Waals surface area contributed by atoms with Crippen molar-refractivity contribution in [2.24, 2.45) is 0 Å². The highest BCUT2D eigenvalue weighted by Gasteiger charge is 2.28. The van der Waals surface area contributed by atoms with Gasteiger partial charge >= 0.3 is 0 Å². The Morgan fingerprint density at radius 2 is 1.86 bits per heavy atom. The van der Waals surface area contributed by atoms with Crippen LogP contribution in [-0.2, 0) is 6.54 Å². The molecule has 1 amide bonds. The van der Waals surface area contributed by atoms with Crippen LogP contribution in [0.25, 0.3) is 10.9 Å². The molecule has 0 radical (unpaired) electrons. The number of fused-ring (bicyclic) bond motifs is 1. The molecule has 0 fully saturated rings. The van der Waals surface area contributed by atoms with Gasteiger partial charge in [-0.2, -0.15) is 0 Å². The molecule has 1 N–H and O–H groups in total. The Morgan fingerprint density at radius 1 is 1.14 bits per heavy atom. The van der Waals surface area contributed by atoms with Crippen molar-refractivity contribution in [3.63, 3.8) is 0 Å². The van der Waals surface area contributed by atoms with Gasteiger partial charge in [0.1, 0.15) is 5.75 Å². The van der Waals surface area contributed by atoms with E-state index in [-0.39, 0.29) is 18.0 Å². The number of pyridine rings is 2. The summed E-state index contributed by atoms with van der Waals surface area (Å²) in [6.07, 6.45) is 3.18. The Morgan fingerprint density at radius 3 is 2.50 bits per heavy atom. The van der Waals surface area contributed by atoms with Gasteiger partial charge in [-0.15, -0.1) is 0 Å². The molecule has 28 heavy (non-hydrogen) atoms. The summed E-state index contributed by atoms with van der Waals surface area (Å²) < 4.78 is 5.55. The zero-order valence-electron chi connectivity index (χ0n) is 16.7. The molecule has 1 aromatic carbocycles. The Hall–Kier alpha value is -3.15. The van der Waals surface area contributed by atoms with Gasteiger partial charge in [0.05, 0.1) is 13.2 Å². The highest BCUT2D eigenvalue weighted by atomic mass is 16.5. The topological polar surface area (TPSA) is 75.3 Å². The van der Waals surface area contributed by atoms with Crippen molar-refractivity contribution in [1.29, 1.82) is 0 Å². The second-order valence-corrected chi connectivity index (χ2v) is 7.60. The summed E-state index contributed by atoms with van der Waals surface area (Å²) in [4.78, 5) is 34.3. The number of aromatic amines is 1. The Bertz CT molecular complexity index is 1040. The van der Waals surface area contributed by atoms with Crippen LogP contribution < -0.4 is 10.3 Å². The van der Waals surface area contributed by atoms with Crippen molar-refractivity contribution in [3.05, 3.63) is 70.3 Å². The minimum Gasteiger partial charge on any atom is -0.494 e. The maximum atomic E-state index is 13.1. The molecule has 2 heterocycles. The molecular weight excluding hydrogens is 354 g/mol. The van der Waals surface area contributed by atoms with Crippen molar-refractivity contribution in [2.45, 2.75) is 39.8 Å². The minimum atomic E-state index is -0.463. The summed E-state index contributed by atoms with van der Waals surface area (Å²) in [7, 11) is 0. The summed E-state index contributed by atoms with van der Waals surface area (Å²) in [6, 6.07) is 10.7. The fourth-order valence-electron chi connectivity index (χ4n) is 3.04. The van der Waals surface area contributed by atoms with E-state index in [9.17, 15) is 9.59 Å². The quantitative estimate of drug-likeness (QED) is 0.732. The SMILES string of the molecule is CCOc1ccc2[nH]c(=O)c(CN(C(=O)c3ccncc3)C(C)(C)C)cc2c1. The number of ether oxygens (including phenoxy) is 1. The van der Waals surface area contributed by atoms with Gasteiger partial charge in [0.2, 0.25) is 0 Å². The van der Waals surface area contributed by atoms with Gasteiger partial charge in [0.25, 0.3) is 11.5 Å². The van der Waals surface area contributed by atoms with E-state index in [0.29, 0.717) is 17.7 Å². The molecule has 3 rings (SSSR count). The molecule has 0 aliphatic carbocycles. The van der Waals surface area contributed by atoms with Crippen LogP contribution in [0.15, 0.2) is 53.6 Å². The second-order valence-electron chi connectivity index (χ2n) is 7.60. The molecule has 0 unspecified atom stereocenters. The Balaban J connectivity index is 2.00.